The second-order valence-corrected chi connectivity index (χ2v) is 7.83. The van der Waals surface area contributed by atoms with Crippen LogP contribution in [0.5, 0.6) is 0 Å². The average molecular weight is 326 g/mol. The van der Waals surface area contributed by atoms with E-state index >= 15 is 0 Å². The standard InChI is InChI=1S/C11H14BrClO2S/c1-8(16(2,14)15)10(12)7-9-5-3-4-6-11(9)13/h3-6,8,10H,7H2,1-2H3. The molecule has 0 saturated carbocycles. The van der Waals surface area contributed by atoms with Gasteiger partial charge in [0.05, 0.1) is 5.25 Å². The number of halogens is 2. The van der Waals surface area contributed by atoms with Gasteiger partial charge < -0.3 is 0 Å². The van der Waals surface area contributed by atoms with E-state index in [1.807, 2.05) is 24.3 Å². The zero-order valence-corrected chi connectivity index (χ0v) is 12.3. The Labute approximate surface area is 110 Å². The van der Waals surface area contributed by atoms with Gasteiger partial charge >= 0.3 is 0 Å². The van der Waals surface area contributed by atoms with Crippen molar-refractivity contribution < 1.29 is 8.42 Å². The summed E-state index contributed by atoms with van der Waals surface area (Å²) in [6.07, 6.45) is 1.85. The molecule has 0 radical (unpaired) electrons. The third kappa shape index (κ3) is 3.75. The summed E-state index contributed by atoms with van der Waals surface area (Å²) in [5.41, 5.74) is 0.960. The maximum absolute atomic E-state index is 11.4. The lowest BCUT2D eigenvalue weighted by Gasteiger charge is -2.17. The van der Waals surface area contributed by atoms with Gasteiger partial charge in [-0.2, -0.15) is 0 Å². The van der Waals surface area contributed by atoms with Crippen molar-refractivity contribution >= 4 is 37.4 Å². The van der Waals surface area contributed by atoms with Crippen LogP contribution in [-0.4, -0.2) is 24.8 Å². The van der Waals surface area contributed by atoms with Crippen LogP contribution in [0, 0.1) is 0 Å². The van der Waals surface area contributed by atoms with Crippen LogP contribution in [-0.2, 0) is 16.3 Å². The highest BCUT2D eigenvalue weighted by atomic mass is 79.9. The van der Waals surface area contributed by atoms with Crippen LogP contribution >= 0.6 is 27.5 Å². The van der Waals surface area contributed by atoms with Crippen molar-refractivity contribution in [1.29, 1.82) is 0 Å². The Morgan fingerprint density at radius 3 is 2.44 bits per heavy atom. The van der Waals surface area contributed by atoms with Crippen LogP contribution in [0.4, 0.5) is 0 Å². The molecule has 0 N–H and O–H groups in total. The van der Waals surface area contributed by atoms with Crippen LogP contribution in [0.25, 0.3) is 0 Å². The molecule has 0 aliphatic heterocycles. The molecule has 16 heavy (non-hydrogen) atoms. The predicted octanol–water partition coefficient (Wildman–Crippen LogP) is 3.08. The van der Waals surface area contributed by atoms with Crippen LogP contribution < -0.4 is 0 Å². The summed E-state index contributed by atoms with van der Waals surface area (Å²) >= 11 is 9.43. The number of rotatable bonds is 4. The molecule has 0 saturated heterocycles. The van der Waals surface area contributed by atoms with Gasteiger partial charge in [0.25, 0.3) is 0 Å². The fourth-order valence-electron chi connectivity index (χ4n) is 1.31. The van der Waals surface area contributed by atoms with Gasteiger partial charge in [0, 0.05) is 16.1 Å². The minimum atomic E-state index is -3.02. The Hall–Kier alpha value is -0.0600. The van der Waals surface area contributed by atoms with Crippen molar-refractivity contribution in [3.05, 3.63) is 34.9 Å². The summed E-state index contributed by atoms with van der Waals surface area (Å²) in [7, 11) is -3.02. The lowest BCUT2D eigenvalue weighted by Crippen LogP contribution is -2.27. The summed E-state index contributed by atoms with van der Waals surface area (Å²) in [6, 6.07) is 7.47. The second-order valence-electron chi connectivity index (χ2n) is 3.85. The predicted molar refractivity (Wildman–Crippen MR) is 72.2 cm³/mol. The lowest BCUT2D eigenvalue weighted by atomic mass is 10.1. The third-order valence-electron chi connectivity index (χ3n) is 2.56. The van der Waals surface area contributed by atoms with Crippen LogP contribution in [0.3, 0.4) is 0 Å². The molecule has 5 heteroatoms. The van der Waals surface area contributed by atoms with E-state index in [1.54, 1.807) is 6.92 Å². The fraction of sp³-hybridized carbons (Fsp3) is 0.455. The van der Waals surface area contributed by atoms with E-state index in [0.29, 0.717) is 11.4 Å². The SMILES string of the molecule is CC(C(Br)Cc1ccccc1Cl)S(C)(=O)=O. The van der Waals surface area contributed by atoms with Gasteiger partial charge in [0.15, 0.2) is 9.84 Å². The minimum absolute atomic E-state index is 0.123. The molecule has 0 aliphatic carbocycles. The van der Waals surface area contributed by atoms with E-state index < -0.39 is 15.1 Å². The first-order valence-electron chi connectivity index (χ1n) is 4.88. The highest BCUT2D eigenvalue weighted by molar-refractivity contribution is 9.09. The molecule has 0 heterocycles. The zero-order chi connectivity index (χ0) is 12.3. The summed E-state index contributed by atoms with van der Waals surface area (Å²) in [4.78, 5) is -0.123. The van der Waals surface area contributed by atoms with E-state index in [4.69, 9.17) is 11.6 Å². The van der Waals surface area contributed by atoms with Crippen LogP contribution in [0.15, 0.2) is 24.3 Å². The summed E-state index contributed by atoms with van der Waals surface area (Å²) < 4.78 is 22.8. The Balaban J connectivity index is 2.80. The smallest absolute Gasteiger partial charge is 0.151 e. The number of sulfone groups is 1. The van der Waals surface area contributed by atoms with Crippen LogP contribution in [0.2, 0.25) is 5.02 Å². The van der Waals surface area contributed by atoms with Crippen molar-refractivity contribution in [2.45, 2.75) is 23.4 Å². The first-order chi connectivity index (χ1) is 7.32. The lowest BCUT2D eigenvalue weighted by molar-refractivity contribution is 0.586. The van der Waals surface area contributed by atoms with Crippen molar-refractivity contribution in [3.8, 4) is 0 Å². The minimum Gasteiger partial charge on any atom is -0.229 e. The largest absolute Gasteiger partial charge is 0.229 e. The van der Waals surface area contributed by atoms with Gasteiger partial charge in [-0.1, -0.05) is 45.7 Å². The molecule has 0 amide bonds. The molecule has 90 valence electrons. The van der Waals surface area contributed by atoms with Crippen molar-refractivity contribution in [2.75, 3.05) is 6.26 Å². The van der Waals surface area contributed by atoms with E-state index in [0.717, 1.165) is 5.56 Å². The van der Waals surface area contributed by atoms with Gasteiger partial charge in [-0.3, -0.25) is 0 Å². The Morgan fingerprint density at radius 2 is 1.94 bits per heavy atom. The first-order valence-corrected chi connectivity index (χ1v) is 8.13. The monoisotopic (exact) mass is 324 g/mol. The number of benzene rings is 1. The van der Waals surface area contributed by atoms with Crippen LogP contribution in [0.1, 0.15) is 12.5 Å². The summed E-state index contributed by atoms with van der Waals surface area (Å²) in [5.74, 6) is 0. The van der Waals surface area contributed by atoms with E-state index in [1.165, 1.54) is 6.26 Å². The topological polar surface area (TPSA) is 34.1 Å². The van der Waals surface area contributed by atoms with E-state index in [2.05, 4.69) is 15.9 Å². The average Bonchev–Trinajstić information content (AvgIpc) is 2.19. The molecule has 2 atom stereocenters. The van der Waals surface area contributed by atoms with E-state index in [9.17, 15) is 8.42 Å². The maximum Gasteiger partial charge on any atom is 0.151 e. The molecular formula is C11H14BrClO2S. The summed E-state index contributed by atoms with van der Waals surface area (Å²) in [5, 5.41) is 0.247. The second kappa shape index (κ2) is 5.52. The highest BCUT2D eigenvalue weighted by Crippen LogP contribution is 2.23. The Morgan fingerprint density at radius 1 is 1.38 bits per heavy atom. The molecule has 2 nitrogen and oxygen atoms in total. The molecule has 0 fully saturated rings. The molecular weight excluding hydrogens is 312 g/mol. The van der Waals surface area contributed by atoms with Crippen molar-refractivity contribution in [2.24, 2.45) is 0 Å². The van der Waals surface area contributed by atoms with Gasteiger partial charge in [0.1, 0.15) is 0 Å². The zero-order valence-electron chi connectivity index (χ0n) is 9.15. The van der Waals surface area contributed by atoms with Crippen molar-refractivity contribution in [1.82, 2.24) is 0 Å². The van der Waals surface area contributed by atoms with Gasteiger partial charge in [-0.15, -0.1) is 0 Å². The first kappa shape index (κ1) is 14.0. The molecule has 0 aliphatic rings. The molecule has 1 aromatic rings. The molecule has 0 bridgehead atoms. The molecule has 2 unspecified atom stereocenters. The van der Waals surface area contributed by atoms with Crippen molar-refractivity contribution in [3.63, 3.8) is 0 Å². The maximum atomic E-state index is 11.4. The molecule has 0 aromatic heterocycles. The number of hydrogen-bond acceptors (Lipinski definition) is 2. The van der Waals surface area contributed by atoms with E-state index in [-0.39, 0.29) is 4.83 Å². The summed E-state index contributed by atoms with van der Waals surface area (Å²) in [6.45, 7) is 1.70. The quantitative estimate of drug-likeness (QED) is 0.797. The molecule has 0 spiro atoms. The number of alkyl halides is 1. The highest BCUT2D eigenvalue weighted by Gasteiger charge is 2.24. The third-order valence-corrected chi connectivity index (χ3v) is 6.07. The molecule has 1 aromatic carbocycles. The van der Waals surface area contributed by atoms with Gasteiger partial charge in [-0.05, 0) is 25.0 Å². The van der Waals surface area contributed by atoms with Gasteiger partial charge in [0.2, 0.25) is 0 Å². The fourth-order valence-corrected chi connectivity index (χ4v) is 3.68. The molecule has 1 rings (SSSR count). The Bertz CT molecular complexity index is 459. The Kier molecular flexibility index (Phi) is 4.83. The normalized spacial score (nSPS) is 15.8. The van der Waals surface area contributed by atoms with Gasteiger partial charge in [-0.25, -0.2) is 8.42 Å². The number of hydrogen-bond donors (Lipinski definition) is 0.